The Hall–Kier alpha value is -2.69. The summed E-state index contributed by atoms with van der Waals surface area (Å²) in [5.74, 6) is -0.465. The van der Waals surface area contributed by atoms with Crippen LogP contribution in [0.1, 0.15) is 22.3 Å². The molecule has 1 amide bonds. The zero-order valence-corrected chi connectivity index (χ0v) is 12.7. The zero-order valence-electron chi connectivity index (χ0n) is 12.7. The van der Waals surface area contributed by atoms with Gasteiger partial charge in [-0.2, -0.15) is 0 Å². The number of hydrogen-bond donors (Lipinski definition) is 1. The van der Waals surface area contributed by atoms with Crippen LogP contribution in [0, 0.1) is 6.92 Å². The van der Waals surface area contributed by atoms with Gasteiger partial charge in [-0.25, -0.2) is 9.36 Å². The summed E-state index contributed by atoms with van der Waals surface area (Å²) >= 11 is 0. The lowest BCUT2D eigenvalue weighted by atomic mass is 10.2. The summed E-state index contributed by atoms with van der Waals surface area (Å²) in [6.45, 7) is 2.64. The van der Waals surface area contributed by atoms with E-state index in [1.807, 2.05) is 36.0 Å². The summed E-state index contributed by atoms with van der Waals surface area (Å²) in [6.07, 6.45) is 4.29. The molecule has 0 aliphatic rings. The second kappa shape index (κ2) is 7.36. The van der Waals surface area contributed by atoms with E-state index in [0.29, 0.717) is 24.2 Å². The summed E-state index contributed by atoms with van der Waals surface area (Å²) in [7, 11) is 1.33. The number of nitrogens with one attached hydrogen (secondary N) is 1. The highest BCUT2D eigenvalue weighted by Crippen LogP contribution is 2.10. The number of hydrogen-bond acceptors (Lipinski definition) is 3. The fraction of sp³-hybridized carbons (Fsp3) is 0.235. The Morgan fingerprint density at radius 3 is 2.32 bits per heavy atom. The van der Waals surface area contributed by atoms with E-state index in [1.165, 1.54) is 12.7 Å². The Labute approximate surface area is 129 Å². The van der Waals surface area contributed by atoms with E-state index in [-0.39, 0.29) is 5.91 Å². The first-order valence-electron chi connectivity index (χ1n) is 7.02. The minimum atomic E-state index is -0.395. The van der Waals surface area contributed by atoms with Gasteiger partial charge in [0.05, 0.1) is 19.1 Å². The van der Waals surface area contributed by atoms with Gasteiger partial charge in [-0.05, 0) is 36.8 Å². The average molecular weight is 299 g/mol. The molecule has 1 N–H and O–H groups in total. The maximum Gasteiger partial charge on any atom is 0.337 e. The Kier molecular flexibility index (Phi) is 5.25. The molecule has 1 aromatic heterocycles. The highest BCUT2D eigenvalue weighted by Gasteiger charge is 2.08. The summed E-state index contributed by atoms with van der Waals surface area (Å²) in [4.78, 5) is 23.2. The largest absolute Gasteiger partial charge is 0.465 e. The Morgan fingerprint density at radius 2 is 1.73 bits per heavy atom. The van der Waals surface area contributed by atoms with Gasteiger partial charge in [-0.3, -0.25) is 4.79 Å². The van der Waals surface area contributed by atoms with Gasteiger partial charge in [0, 0.05) is 17.8 Å². The predicted octanol–water partition coefficient (Wildman–Crippen LogP) is 2.10. The number of carbonyl (C=O) groups excluding carboxylic acids is 2. The van der Waals surface area contributed by atoms with Crippen LogP contribution < -0.4 is 9.88 Å². The summed E-state index contributed by atoms with van der Waals surface area (Å²) in [5.41, 5.74) is 2.30. The van der Waals surface area contributed by atoms with Crippen molar-refractivity contribution in [3.63, 3.8) is 0 Å². The Balaban J connectivity index is 1.86. The van der Waals surface area contributed by atoms with Gasteiger partial charge in [0.15, 0.2) is 18.9 Å². The quantitative estimate of drug-likeness (QED) is 0.679. The Morgan fingerprint density at radius 1 is 1.09 bits per heavy atom. The number of esters is 1. The minimum absolute atomic E-state index is 0.0705. The van der Waals surface area contributed by atoms with Crippen LogP contribution >= 0.6 is 0 Å². The van der Waals surface area contributed by atoms with Gasteiger partial charge >= 0.3 is 5.97 Å². The van der Waals surface area contributed by atoms with Crippen LogP contribution in [0.25, 0.3) is 0 Å². The molecule has 5 heteroatoms. The molecule has 0 atom stereocenters. The maximum atomic E-state index is 11.9. The monoisotopic (exact) mass is 299 g/mol. The molecule has 0 unspecified atom stereocenters. The number of aromatic nitrogens is 1. The van der Waals surface area contributed by atoms with E-state index in [1.54, 1.807) is 24.3 Å². The number of pyridine rings is 1. The third-order valence-electron chi connectivity index (χ3n) is 3.24. The lowest BCUT2D eigenvalue weighted by Crippen LogP contribution is -2.34. The predicted molar refractivity (Wildman–Crippen MR) is 82.4 cm³/mol. The third-order valence-corrected chi connectivity index (χ3v) is 3.24. The molecule has 0 aliphatic heterocycles. The molecular formula is C17H19N2O3+. The van der Waals surface area contributed by atoms with Crippen LogP contribution in [0.3, 0.4) is 0 Å². The number of nitrogens with zero attached hydrogens (tertiary/aromatic N) is 1. The van der Waals surface area contributed by atoms with E-state index < -0.39 is 5.97 Å². The lowest BCUT2D eigenvalue weighted by molar-refractivity contribution is -0.695. The number of carbonyl (C=O) groups is 2. The van der Waals surface area contributed by atoms with Gasteiger partial charge in [0.2, 0.25) is 5.91 Å². The van der Waals surface area contributed by atoms with Crippen LogP contribution in [0.2, 0.25) is 0 Å². The fourth-order valence-corrected chi connectivity index (χ4v) is 1.94. The van der Waals surface area contributed by atoms with Crippen molar-refractivity contribution in [2.24, 2.45) is 0 Å². The normalized spacial score (nSPS) is 10.1. The third kappa shape index (κ3) is 4.41. The molecule has 2 aromatic rings. The molecule has 0 radical (unpaired) electrons. The highest BCUT2D eigenvalue weighted by molar-refractivity contribution is 5.92. The van der Waals surface area contributed by atoms with Gasteiger partial charge in [-0.1, -0.05) is 0 Å². The van der Waals surface area contributed by atoms with Crippen molar-refractivity contribution in [2.75, 3.05) is 12.4 Å². The number of benzene rings is 1. The van der Waals surface area contributed by atoms with Crippen molar-refractivity contribution in [2.45, 2.75) is 19.9 Å². The summed E-state index contributed by atoms with van der Waals surface area (Å²) < 4.78 is 6.59. The molecular weight excluding hydrogens is 280 g/mol. The molecule has 0 aliphatic carbocycles. The SMILES string of the molecule is COC(=O)c1ccc(NC(=O)CC[n+]2ccc(C)cc2)cc1. The van der Waals surface area contributed by atoms with Crippen molar-refractivity contribution in [3.8, 4) is 0 Å². The highest BCUT2D eigenvalue weighted by atomic mass is 16.5. The molecule has 1 heterocycles. The van der Waals surface area contributed by atoms with Gasteiger partial charge < -0.3 is 10.1 Å². The maximum absolute atomic E-state index is 11.9. The number of anilines is 1. The number of rotatable bonds is 5. The van der Waals surface area contributed by atoms with E-state index in [0.717, 1.165) is 0 Å². The molecule has 0 fully saturated rings. The summed E-state index contributed by atoms with van der Waals surface area (Å²) in [5, 5.41) is 2.80. The van der Waals surface area contributed by atoms with E-state index in [9.17, 15) is 9.59 Å². The number of ether oxygens (including phenoxy) is 1. The smallest absolute Gasteiger partial charge is 0.337 e. The minimum Gasteiger partial charge on any atom is -0.465 e. The number of amides is 1. The van der Waals surface area contributed by atoms with Crippen LogP contribution in [0.5, 0.6) is 0 Å². The molecule has 114 valence electrons. The van der Waals surface area contributed by atoms with Crippen molar-refractivity contribution in [1.82, 2.24) is 0 Å². The van der Waals surface area contributed by atoms with Crippen LogP contribution in [-0.4, -0.2) is 19.0 Å². The molecule has 0 saturated carbocycles. The van der Waals surface area contributed by atoms with Gasteiger partial charge in [0.1, 0.15) is 0 Å². The molecule has 1 aromatic carbocycles. The van der Waals surface area contributed by atoms with Crippen molar-refractivity contribution >= 4 is 17.6 Å². The average Bonchev–Trinajstić information content (AvgIpc) is 2.54. The van der Waals surface area contributed by atoms with Crippen LogP contribution in [0.15, 0.2) is 48.8 Å². The summed E-state index contributed by atoms with van der Waals surface area (Å²) in [6, 6.07) is 10.6. The molecule has 22 heavy (non-hydrogen) atoms. The lowest BCUT2D eigenvalue weighted by Gasteiger charge is -2.05. The van der Waals surface area contributed by atoms with E-state index in [2.05, 4.69) is 10.1 Å². The molecule has 0 bridgehead atoms. The van der Waals surface area contributed by atoms with Crippen molar-refractivity contribution in [3.05, 3.63) is 59.9 Å². The van der Waals surface area contributed by atoms with E-state index >= 15 is 0 Å². The topological polar surface area (TPSA) is 59.3 Å². The molecule has 0 spiro atoms. The Bertz CT molecular complexity index is 649. The van der Waals surface area contributed by atoms with Gasteiger partial charge in [-0.15, -0.1) is 0 Å². The standard InChI is InChI=1S/C17H18N2O3/c1-13-7-10-19(11-8-13)12-9-16(20)18-15-5-3-14(4-6-15)17(21)22-2/h3-8,10-11H,9,12H2,1-2H3/p+1. The molecule has 2 rings (SSSR count). The number of aryl methyl sites for hydroxylation is 2. The van der Waals surface area contributed by atoms with Crippen molar-refractivity contribution < 1.29 is 18.9 Å². The van der Waals surface area contributed by atoms with Gasteiger partial charge in [0.25, 0.3) is 0 Å². The van der Waals surface area contributed by atoms with Crippen LogP contribution in [0.4, 0.5) is 5.69 Å². The van der Waals surface area contributed by atoms with Crippen LogP contribution in [-0.2, 0) is 16.1 Å². The first-order chi connectivity index (χ1) is 10.6. The number of methoxy groups -OCH3 is 1. The second-order valence-electron chi connectivity index (χ2n) is 4.98. The first kappa shape index (κ1) is 15.7. The fourth-order valence-electron chi connectivity index (χ4n) is 1.94. The molecule has 5 nitrogen and oxygen atoms in total. The van der Waals surface area contributed by atoms with Crippen molar-refractivity contribution in [1.29, 1.82) is 0 Å². The molecule has 0 saturated heterocycles. The zero-order chi connectivity index (χ0) is 15.9. The van der Waals surface area contributed by atoms with E-state index in [4.69, 9.17) is 0 Å². The second-order valence-corrected chi connectivity index (χ2v) is 4.98. The first-order valence-corrected chi connectivity index (χ1v) is 7.02.